The Labute approximate surface area is 104 Å². The molecule has 0 spiro atoms. The molecule has 2 rings (SSSR count). The van der Waals surface area contributed by atoms with E-state index in [0.29, 0.717) is 0 Å². The van der Waals surface area contributed by atoms with Gasteiger partial charge in [-0.25, -0.2) is 0 Å². The molecule has 0 unspecified atom stereocenters. The van der Waals surface area contributed by atoms with E-state index in [9.17, 15) is 0 Å². The van der Waals surface area contributed by atoms with Gasteiger partial charge >= 0.3 is 0 Å². The standard InChI is InChI=1S/C14H24N2O/c1-15-9-14-13(7-8-17-14)11-16(2)10-12-5-3-4-6-12/h7-8,12,15H,3-6,9-11H2,1-2H3. The highest BCUT2D eigenvalue weighted by Crippen LogP contribution is 2.25. The van der Waals surface area contributed by atoms with E-state index in [4.69, 9.17) is 4.42 Å². The molecule has 0 saturated heterocycles. The highest BCUT2D eigenvalue weighted by molar-refractivity contribution is 5.16. The summed E-state index contributed by atoms with van der Waals surface area (Å²) in [5.74, 6) is 1.99. The van der Waals surface area contributed by atoms with Crippen molar-refractivity contribution in [2.75, 3.05) is 20.6 Å². The molecule has 0 radical (unpaired) electrons. The van der Waals surface area contributed by atoms with Crippen molar-refractivity contribution in [1.82, 2.24) is 10.2 Å². The van der Waals surface area contributed by atoms with Gasteiger partial charge in [-0.1, -0.05) is 12.8 Å². The molecule has 1 heterocycles. The minimum atomic E-state index is 0.819. The molecule has 1 fully saturated rings. The first-order valence-electron chi connectivity index (χ1n) is 6.68. The Morgan fingerprint density at radius 3 is 2.88 bits per heavy atom. The number of nitrogens with one attached hydrogen (secondary N) is 1. The van der Waals surface area contributed by atoms with Crippen LogP contribution in [0.25, 0.3) is 0 Å². The van der Waals surface area contributed by atoms with Crippen LogP contribution in [0, 0.1) is 5.92 Å². The normalized spacial score (nSPS) is 17.1. The fourth-order valence-electron chi connectivity index (χ4n) is 2.81. The van der Waals surface area contributed by atoms with Crippen LogP contribution in [0.4, 0.5) is 0 Å². The molecule has 3 nitrogen and oxygen atoms in total. The molecular formula is C14H24N2O. The van der Waals surface area contributed by atoms with E-state index in [1.807, 2.05) is 7.05 Å². The third kappa shape index (κ3) is 3.58. The van der Waals surface area contributed by atoms with Crippen molar-refractivity contribution in [3.05, 3.63) is 23.7 Å². The second-order valence-corrected chi connectivity index (χ2v) is 5.25. The molecule has 1 saturated carbocycles. The second kappa shape index (κ2) is 6.22. The van der Waals surface area contributed by atoms with Gasteiger partial charge in [-0.3, -0.25) is 0 Å². The van der Waals surface area contributed by atoms with Crippen LogP contribution in [0.2, 0.25) is 0 Å². The lowest BCUT2D eigenvalue weighted by molar-refractivity contribution is 0.269. The molecule has 1 aliphatic carbocycles. The average molecular weight is 236 g/mol. The lowest BCUT2D eigenvalue weighted by Gasteiger charge is -2.20. The Hall–Kier alpha value is -0.800. The monoisotopic (exact) mass is 236 g/mol. The fourth-order valence-corrected chi connectivity index (χ4v) is 2.81. The van der Waals surface area contributed by atoms with Gasteiger partial charge in [0.25, 0.3) is 0 Å². The number of nitrogens with zero attached hydrogens (tertiary/aromatic N) is 1. The smallest absolute Gasteiger partial charge is 0.122 e. The maximum absolute atomic E-state index is 5.49. The first kappa shape index (κ1) is 12.7. The van der Waals surface area contributed by atoms with E-state index < -0.39 is 0 Å². The largest absolute Gasteiger partial charge is 0.468 e. The van der Waals surface area contributed by atoms with Gasteiger partial charge < -0.3 is 14.6 Å². The highest BCUT2D eigenvalue weighted by atomic mass is 16.3. The Morgan fingerprint density at radius 2 is 2.18 bits per heavy atom. The van der Waals surface area contributed by atoms with Crippen LogP contribution in [0.5, 0.6) is 0 Å². The van der Waals surface area contributed by atoms with Crippen molar-refractivity contribution in [2.24, 2.45) is 5.92 Å². The van der Waals surface area contributed by atoms with Gasteiger partial charge in [0.1, 0.15) is 5.76 Å². The lowest BCUT2D eigenvalue weighted by atomic mass is 10.1. The number of furan rings is 1. The number of hydrogen-bond donors (Lipinski definition) is 1. The second-order valence-electron chi connectivity index (χ2n) is 5.25. The average Bonchev–Trinajstić information content (AvgIpc) is 2.92. The third-order valence-electron chi connectivity index (χ3n) is 3.66. The zero-order valence-electron chi connectivity index (χ0n) is 11.0. The van der Waals surface area contributed by atoms with Crippen molar-refractivity contribution >= 4 is 0 Å². The van der Waals surface area contributed by atoms with Crippen LogP contribution in [0.15, 0.2) is 16.7 Å². The van der Waals surface area contributed by atoms with Crippen LogP contribution in [-0.2, 0) is 13.1 Å². The van der Waals surface area contributed by atoms with Crippen molar-refractivity contribution in [3.63, 3.8) is 0 Å². The zero-order valence-corrected chi connectivity index (χ0v) is 11.0. The van der Waals surface area contributed by atoms with Gasteiger partial charge in [-0.15, -0.1) is 0 Å². The van der Waals surface area contributed by atoms with Crippen LogP contribution in [-0.4, -0.2) is 25.5 Å². The molecular weight excluding hydrogens is 212 g/mol. The molecule has 1 aliphatic rings. The van der Waals surface area contributed by atoms with Crippen molar-refractivity contribution < 1.29 is 4.42 Å². The summed E-state index contributed by atoms with van der Waals surface area (Å²) in [5.41, 5.74) is 1.32. The Morgan fingerprint density at radius 1 is 1.41 bits per heavy atom. The van der Waals surface area contributed by atoms with E-state index in [0.717, 1.165) is 24.8 Å². The topological polar surface area (TPSA) is 28.4 Å². The minimum Gasteiger partial charge on any atom is -0.468 e. The molecule has 3 heteroatoms. The van der Waals surface area contributed by atoms with Crippen molar-refractivity contribution in [1.29, 1.82) is 0 Å². The summed E-state index contributed by atoms with van der Waals surface area (Å²) in [6.45, 7) is 3.05. The summed E-state index contributed by atoms with van der Waals surface area (Å²) in [7, 11) is 4.17. The molecule has 17 heavy (non-hydrogen) atoms. The summed E-state index contributed by atoms with van der Waals surface area (Å²) in [6.07, 6.45) is 7.48. The van der Waals surface area contributed by atoms with E-state index in [1.54, 1.807) is 6.26 Å². The van der Waals surface area contributed by atoms with E-state index in [1.165, 1.54) is 37.8 Å². The Kier molecular flexibility index (Phi) is 4.63. The van der Waals surface area contributed by atoms with Gasteiger partial charge in [0.2, 0.25) is 0 Å². The Bertz CT molecular complexity index is 329. The van der Waals surface area contributed by atoms with Gasteiger partial charge in [-0.2, -0.15) is 0 Å². The van der Waals surface area contributed by atoms with E-state index in [-0.39, 0.29) is 0 Å². The predicted molar refractivity (Wildman–Crippen MR) is 69.8 cm³/mol. The fraction of sp³-hybridized carbons (Fsp3) is 0.714. The van der Waals surface area contributed by atoms with Gasteiger partial charge in [0.05, 0.1) is 12.8 Å². The van der Waals surface area contributed by atoms with Gasteiger partial charge in [0, 0.05) is 18.7 Å². The molecule has 0 amide bonds. The predicted octanol–water partition coefficient (Wildman–Crippen LogP) is 2.62. The summed E-state index contributed by atoms with van der Waals surface area (Å²) in [6, 6.07) is 2.10. The third-order valence-corrected chi connectivity index (χ3v) is 3.66. The van der Waals surface area contributed by atoms with E-state index >= 15 is 0 Å². The first-order chi connectivity index (χ1) is 8.29. The summed E-state index contributed by atoms with van der Waals surface area (Å²) < 4.78 is 5.49. The molecule has 0 aliphatic heterocycles. The molecule has 0 bridgehead atoms. The Balaban J connectivity index is 1.83. The summed E-state index contributed by atoms with van der Waals surface area (Å²) in [4.78, 5) is 2.43. The molecule has 0 aromatic carbocycles. The minimum absolute atomic E-state index is 0.819. The van der Waals surface area contributed by atoms with Crippen LogP contribution < -0.4 is 5.32 Å². The number of rotatable bonds is 6. The lowest BCUT2D eigenvalue weighted by Crippen LogP contribution is -2.24. The molecule has 1 N–H and O–H groups in total. The van der Waals surface area contributed by atoms with E-state index in [2.05, 4.69) is 23.3 Å². The van der Waals surface area contributed by atoms with Crippen molar-refractivity contribution in [3.8, 4) is 0 Å². The molecule has 1 aromatic rings. The molecule has 0 atom stereocenters. The maximum atomic E-state index is 5.49. The maximum Gasteiger partial charge on any atom is 0.122 e. The highest BCUT2D eigenvalue weighted by Gasteiger charge is 2.17. The summed E-state index contributed by atoms with van der Waals surface area (Å²) >= 11 is 0. The molecule has 96 valence electrons. The quantitative estimate of drug-likeness (QED) is 0.823. The van der Waals surface area contributed by atoms with Crippen LogP contribution in [0.1, 0.15) is 37.0 Å². The number of hydrogen-bond acceptors (Lipinski definition) is 3. The SMILES string of the molecule is CNCc1occc1CN(C)CC1CCCC1. The molecule has 1 aromatic heterocycles. The summed E-state index contributed by atoms with van der Waals surface area (Å²) in [5, 5.41) is 3.14. The van der Waals surface area contributed by atoms with Gasteiger partial charge in [-0.05, 0) is 38.9 Å². The van der Waals surface area contributed by atoms with Gasteiger partial charge in [0.15, 0.2) is 0 Å². The first-order valence-corrected chi connectivity index (χ1v) is 6.68. The van der Waals surface area contributed by atoms with Crippen LogP contribution >= 0.6 is 0 Å². The van der Waals surface area contributed by atoms with Crippen molar-refractivity contribution in [2.45, 2.75) is 38.8 Å². The zero-order chi connectivity index (χ0) is 12.1. The van der Waals surface area contributed by atoms with Crippen LogP contribution in [0.3, 0.4) is 0 Å².